The van der Waals surface area contributed by atoms with Crippen molar-refractivity contribution >= 4 is 11.8 Å². The summed E-state index contributed by atoms with van der Waals surface area (Å²) < 4.78 is 40.2. The lowest BCUT2D eigenvalue weighted by atomic mass is 9.79. The highest BCUT2D eigenvalue weighted by Gasteiger charge is 2.46. The summed E-state index contributed by atoms with van der Waals surface area (Å²) in [5.74, 6) is 0. The second kappa shape index (κ2) is 9.32. The van der Waals surface area contributed by atoms with Gasteiger partial charge in [0.2, 0.25) is 0 Å². The predicted octanol–water partition coefficient (Wildman–Crippen LogP) is 2.77. The number of halogens is 3. The van der Waals surface area contributed by atoms with E-state index in [4.69, 9.17) is 5.11 Å². The lowest BCUT2D eigenvalue weighted by Crippen LogP contribution is -2.49. The highest BCUT2D eigenvalue weighted by Crippen LogP contribution is 2.51. The first-order valence-electron chi connectivity index (χ1n) is 10.7. The second-order valence-corrected chi connectivity index (χ2v) is 9.37. The molecule has 2 aliphatic heterocycles. The van der Waals surface area contributed by atoms with Gasteiger partial charge in [-0.25, -0.2) is 0 Å². The Balaban J connectivity index is 1.59. The van der Waals surface area contributed by atoms with Gasteiger partial charge in [-0.05, 0) is 30.7 Å². The molecule has 4 rings (SSSR count). The molecule has 0 radical (unpaired) electrons. The molecule has 0 aliphatic carbocycles. The van der Waals surface area contributed by atoms with Gasteiger partial charge in [-0.15, -0.1) is 0 Å². The van der Waals surface area contributed by atoms with Gasteiger partial charge in [0.05, 0.1) is 18.3 Å². The fraction of sp³-hybridized carbons (Fsp3) is 0.478. The van der Waals surface area contributed by atoms with Crippen molar-refractivity contribution in [3.05, 3.63) is 59.2 Å². The van der Waals surface area contributed by atoms with Crippen LogP contribution in [0, 0.1) is 0 Å². The van der Waals surface area contributed by atoms with Crippen molar-refractivity contribution in [1.82, 2.24) is 9.80 Å². The third-order valence-corrected chi connectivity index (χ3v) is 7.47. The molecule has 1 saturated heterocycles. The summed E-state index contributed by atoms with van der Waals surface area (Å²) >= 11 is 1.30. The molecule has 9 heteroatoms. The molecule has 0 amide bonds. The van der Waals surface area contributed by atoms with Crippen LogP contribution >= 0.6 is 11.8 Å². The van der Waals surface area contributed by atoms with Crippen molar-refractivity contribution < 1.29 is 28.5 Å². The smallest absolute Gasteiger partial charge is 0.395 e. The molecule has 2 aromatic carbocycles. The highest BCUT2D eigenvalue weighted by atomic mass is 32.2. The molecular weight excluding hydrogens is 441 g/mol. The first-order valence-corrected chi connectivity index (χ1v) is 11.5. The van der Waals surface area contributed by atoms with E-state index >= 15 is 0 Å². The Morgan fingerprint density at radius 3 is 2.22 bits per heavy atom. The molecule has 2 aliphatic rings. The molecule has 0 saturated carbocycles. The van der Waals surface area contributed by atoms with Crippen LogP contribution in [0.2, 0.25) is 0 Å². The summed E-state index contributed by atoms with van der Waals surface area (Å²) in [5, 5.41) is 32.0. The zero-order valence-electron chi connectivity index (χ0n) is 17.6. The molecule has 2 atom stereocenters. The van der Waals surface area contributed by atoms with Crippen molar-refractivity contribution in [2.45, 2.75) is 34.1 Å². The van der Waals surface area contributed by atoms with E-state index < -0.39 is 23.4 Å². The zero-order valence-corrected chi connectivity index (χ0v) is 18.4. The van der Waals surface area contributed by atoms with Gasteiger partial charge < -0.3 is 20.2 Å². The molecule has 174 valence electrons. The van der Waals surface area contributed by atoms with E-state index in [-0.39, 0.29) is 18.6 Å². The van der Waals surface area contributed by atoms with Crippen LogP contribution in [0.5, 0.6) is 0 Å². The number of hydrogen-bond donors (Lipinski definition) is 3. The van der Waals surface area contributed by atoms with Crippen molar-refractivity contribution in [2.75, 3.05) is 45.9 Å². The average Bonchev–Trinajstić information content (AvgIpc) is 2.78. The van der Waals surface area contributed by atoms with E-state index in [0.29, 0.717) is 23.5 Å². The Bertz CT molecular complexity index is 950. The summed E-state index contributed by atoms with van der Waals surface area (Å²) in [5.41, 5.74) is -2.26. The maximum atomic E-state index is 13.4. The number of piperazine rings is 1. The number of alkyl halides is 3. The van der Waals surface area contributed by atoms with Crippen LogP contribution in [0.1, 0.15) is 23.1 Å². The standard InChI is InChI=1S/C23H27F3N2O3S/c24-23(25,26)16-5-6-20-18(15-16)22(31,17-3-1-2-4-19(17)32-20)21(30)7-8-27-9-11-28(12-10-27)13-14-29/h1-6,15,21,29-31H,7-14H2. The number of rotatable bonds is 6. The van der Waals surface area contributed by atoms with Crippen molar-refractivity contribution in [1.29, 1.82) is 0 Å². The summed E-state index contributed by atoms with van der Waals surface area (Å²) in [7, 11) is 0. The van der Waals surface area contributed by atoms with E-state index in [1.165, 1.54) is 17.8 Å². The Morgan fingerprint density at radius 2 is 1.56 bits per heavy atom. The fourth-order valence-corrected chi connectivity index (χ4v) is 5.66. The Hall–Kier alpha value is -1.62. The molecule has 5 nitrogen and oxygen atoms in total. The molecular formula is C23H27F3N2O3S. The van der Waals surface area contributed by atoms with Crippen LogP contribution in [0.4, 0.5) is 13.2 Å². The largest absolute Gasteiger partial charge is 0.416 e. The van der Waals surface area contributed by atoms with E-state index in [2.05, 4.69) is 9.80 Å². The van der Waals surface area contributed by atoms with E-state index in [1.807, 2.05) is 0 Å². The molecule has 0 spiro atoms. The lowest BCUT2D eigenvalue weighted by Gasteiger charge is -2.41. The van der Waals surface area contributed by atoms with Gasteiger partial charge >= 0.3 is 6.18 Å². The summed E-state index contributed by atoms with van der Waals surface area (Å²) in [6.07, 6.45) is -5.61. The van der Waals surface area contributed by atoms with Crippen LogP contribution in [0.15, 0.2) is 52.3 Å². The maximum absolute atomic E-state index is 13.4. The fourth-order valence-electron chi connectivity index (χ4n) is 4.48. The number of aliphatic hydroxyl groups excluding tert-OH is 2. The van der Waals surface area contributed by atoms with E-state index in [0.717, 1.165) is 43.2 Å². The van der Waals surface area contributed by atoms with Gasteiger partial charge in [0.25, 0.3) is 0 Å². The molecule has 2 unspecified atom stereocenters. The normalized spacial score (nSPS) is 22.9. The van der Waals surface area contributed by atoms with Crippen LogP contribution < -0.4 is 0 Å². The Kier molecular flexibility index (Phi) is 6.86. The Labute approximate surface area is 189 Å². The molecule has 32 heavy (non-hydrogen) atoms. The van der Waals surface area contributed by atoms with Crippen LogP contribution in [-0.4, -0.2) is 77.1 Å². The van der Waals surface area contributed by atoms with Crippen molar-refractivity contribution in [3.63, 3.8) is 0 Å². The minimum atomic E-state index is -4.54. The minimum Gasteiger partial charge on any atom is -0.395 e. The minimum absolute atomic E-state index is 0.0938. The average molecular weight is 469 g/mol. The summed E-state index contributed by atoms with van der Waals surface area (Å²) in [6, 6.07) is 10.3. The van der Waals surface area contributed by atoms with Gasteiger partial charge in [0, 0.05) is 60.2 Å². The van der Waals surface area contributed by atoms with E-state index in [9.17, 15) is 23.4 Å². The topological polar surface area (TPSA) is 67.2 Å². The number of nitrogens with zero attached hydrogens (tertiary/aromatic N) is 2. The molecule has 1 fully saturated rings. The number of benzene rings is 2. The second-order valence-electron chi connectivity index (χ2n) is 8.28. The van der Waals surface area contributed by atoms with Gasteiger partial charge in [-0.2, -0.15) is 13.2 Å². The monoisotopic (exact) mass is 468 g/mol. The number of fused-ring (bicyclic) bond motifs is 2. The van der Waals surface area contributed by atoms with Gasteiger partial charge in [-0.1, -0.05) is 30.0 Å². The zero-order chi connectivity index (χ0) is 22.9. The molecule has 0 aromatic heterocycles. The van der Waals surface area contributed by atoms with Gasteiger partial charge in [-0.3, -0.25) is 4.90 Å². The van der Waals surface area contributed by atoms with Crippen LogP contribution in [-0.2, 0) is 11.8 Å². The van der Waals surface area contributed by atoms with Gasteiger partial charge in [0.15, 0.2) is 0 Å². The molecule has 2 aromatic rings. The van der Waals surface area contributed by atoms with Crippen LogP contribution in [0.3, 0.4) is 0 Å². The van der Waals surface area contributed by atoms with Gasteiger partial charge in [0.1, 0.15) is 5.60 Å². The SMILES string of the molecule is OCCN1CCN(CCC(O)C2(O)c3ccccc3Sc3ccc(C(F)(F)F)cc32)CC1. The molecule has 2 heterocycles. The number of aliphatic hydroxyl groups is 3. The number of β-amino-alcohol motifs (C(OH)–C–C–N with tert-alkyl or cyclic N) is 1. The third kappa shape index (κ3) is 4.55. The van der Waals surface area contributed by atoms with Crippen molar-refractivity contribution in [3.8, 4) is 0 Å². The Morgan fingerprint density at radius 1 is 0.938 bits per heavy atom. The molecule has 3 N–H and O–H groups in total. The molecule has 0 bridgehead atoms. The highest BCUT2D eigenvalue weighted by molar-refractivity contribution is 7.99. The summed E-state index contributed by atoms with van der Waals surface area (Å²) in [4.78, 5) is 5.55. The quantitative estimate of drug-likeness (QED) is 0.606. The first kappa shape index (κ1) is 23.5. The van der Waals surface area contributed by atoms with Crippen LogP contribution in [0.25, 0.3) is 0 Å². The predicted molar refractivity (Wildman–Crippen MR) is 116 cm³/mol. The lowest BCUT2D eigenvalue weighted by molar-refractivity contribution is -0.138. The third-order valence-electron chi connectivity index (χ3n) is 6.32. The number of hydrogen-bond acceptors (Lipinski definition) is 6. The van der Waals surface area contributed by atoms with E-state index in [1.54, 1.807) is 24.3 Å². The summed E-state index contributed by atoms with van der Waals surface area (Å²) in [6.45, 7) is 4.40. The maximum Gasteiger partial charge on any atom is 0.416 e. The van der Waals surface area contributed by atoms with Crippen molar-refractivity contribution in [2.24, 2.45) is 0 Å². The first-order chi connectivity index (χ1) is 15.2.